The fraction of sp³-hybridized carbons (Fsp3) is 0.632. The third kappa shape index (κ3) is 7.51. The predicted molar refractivity (Wildman–Crippen MR) is 95.6 cm³/mol. The van der Waals surface area contributed by atoms with Gasteiger partial charge in [0.1, 0.15) is 5.60 Å². The minimum atomic E-state index is -0.441. The van der Waals surface area contributed by atoms with Gasteiger partial charge < -0.3 is 15.0 Å². The van der Waals surface area contributed by atoms with Crippen LogP contribution in [0.5, 0.6) is 0 Å². The molecule has 1 unspecified atom stereocenters. The maximum atomic E-state index is 12.1. The zero-order chi connectivity index (χ0) is 17.3. The van der Waals surface area contributed by atoms with Gasteiger partial charge in [0.15, 0.2) is 0 Å². The number of nitrogens with zero attached hydrogens (tertiary/aromatic N) is 1. The van der Waals surface area contributed by atoms with E-state index in [1.54, 1.807) is 4.90 Å². The van der Waals surface area contributed by atoms with Crippen LogP contribution in [0.4, 0.5) is 4.79 Å². The lowest BCUT2D eigenvalue weighted by molar-refractivity contribution is 0.0258. The average Bonchev–Trinajstić information content (AvgIpc) is 2.50. The van der Waals surface area contributed by atoms with Crippen molar-refractivity contribution in [2.45, 2.75) is 59.1 Å². The number of benzene rings is 1. The van der Waals surface area contributed by atoms with E-state index >= 15 is 0 Å². The summed E-state index contributed by atoms with van der Waals surface area (Å²) in [5.74, 6) is 0. The van der Waals surface area contributed by atoms with Gasteiger partial charge in [0, 0.05) is 19.1 Å². The highest BCUT2D eigenvalue weighted by Gasteiger charge is 2.20. The second-order valence-corrected chi connectivity index (χ2v) is 6.74. The van der Waals surface area contributed by atoms with Crippen molar-refractivity contribution >= 4 is 6.09 Å². The smallest absolute Gasteiger partial charge is 0.410 e. The number of carbonyl (C=O) groups is 1. The summed E-state index contributed by atoms with van der Waals surface area (Å²) in [5.41, 5.74) is 0.873. The fourth-order valence-electron chi connectivity index (χ4n) is 2.43. The van der Waals surface area contributed by atoms with Crippen LogP contribution in [0.1, 0.15) is 59.1 Å². The molecule has 0 aliphatic heterocycles. The van der Waals surface area contributed by atoms with Gasteiger partial charge in [-0.05, 0) is 52.6 Å². The van der Waals surface area contributed by atoms with E-state index in [1.165, 1.54) is 5.56 Å². The number of ether oxygens (including phenoxy) is 1. The molecule has 1 atom stereocenters. The molecular formula is C19H32N2O2. The Morgan fingerprint density at radius 2 is 1.87 bits per heavy atom. The molecule has 4 heteroatoms. The molecule has 0 bridgehead atoms. The topological polar surface area (TPSA) is 41.6 Å². The number of carbonyl (C=O) groups excluding carboxylic acids is 1. The molecule has 0 heterocycles. The Hall–Kier alpha value is -1.55. The van der Waals surface area contributed by atoms with Crippen molar-refractivity contribution in [3.05, 3.63) is 35.9 Å². The minimum Gasteiger partial charge on any atom is -0.444 e. The molecule has 0 radical (unpaired) electrons. The molecule has 23 heavy (non-hydrogen) atoms. The van der Waals surface area contributed by atoms with Gasteiger partial charge in [0.2, 0.25) is 0 Å². The molecule has 1 N–H and O–H groups in total. The summed E-state index contributed by atoms with van der Waals surface area (Å²) in [6, 6.07) is 10.9. The van der Waals surface area contributed by atoms with Crippen LogP contribution in [0, 0.1) is 0 Å². The van der Waals surface area contributed by atoms with Crippen LogP contribution in [0.3, 0.4) is 0 Å². The Labute approximate surface area is 141 Å². The van der Waals surface area contributed by atoms with Crippen molar-refractivity contribution in [1.82, 2.24) is 10.2 Å². The normalized spacial score (nSPS) is 12.7. The molecule has 0 aromatic heterocycles. The largest absolute Gasteiger partial charge is 0.444 e. The third-order valence-electron chi connectivity index (χ3n) is 3.64. The molecule has 130 valence electrons. The van der Waals surface area contributed by atoms with Crippen LogP contribution < -0.4 is 5.32 Å². The van der Waals surface area contributed by atoms with Gasteiger partial charge in [-0.1, -0.05) is 37.3 Å². The summed E-state index contributed by atoms with van der Waals surface area (Å²) >= 11 is 0. The van der Waals surface area contributed by atoms with Crippen LogP contribution in [0.25, 0.3) is 0 Å². The lowest BCUT2D eigenvalue weighted by Crippen LogP contribution is -2.38. The van der Waals surface area contributed by atoms with Crippen LogP contribution in [0.15, 0.2) is 30.3 Å². The second kappa shape index (κ2) is 9.56. The first-order chi connectivity index (χ1) is 10.9. The SMILES string of the molecule is CCC(NCCCN(CC)C(=O)OC(C)(C)C)c1ccccc1. The third-order valence-corrected chi connectivity index (χ3v) is 3.64. The van der Waals surface area contributed by atoms with Crippen molar-refractivity contribution in [2.75, 3.05) is 19.6 Å². The Morgan fingerprint density at radius 1 is 1.22 bits per heavy atom. The Kier molecular flexibility index (Phi) is 8.10. The molecule has 0 spiro atoms. The van der Waals surface area contributed by atoms with Crippen molar-refractivity contribution < 1.29 is 9.53 Å². The van der Waals surface area contributed by atoms with Gasteiger partial charge >= 0.3 is 6.09 Å². The van der Waals surface area contributed by atoms with Gasteiger partial charge in [0.05, 0.1) is 0 Å². The number of nitrogens with one attached hydrogen (secondary N) is 1. The molecule has 1 rings (SSSR count). The standard InChI is InChI=1S/C19H32N2O2/c1-6-17(16-12-9-8-10-13-16)20-14-11-15-21(7-2)18(22)23-19(3,4)5/h8-10,12-13,17,20H,6-7,11,14-15H2,1-5H3. The van der Waals surface area contributed by atoms with Crippen LogP contribution in [-0.2, 0) is 4.74 Å². The molecule has 0 saturated heterocycles. The first-order valence-electron chi connectivity index (χ1n) is 8.63. The number of hydrogen-bond donors (Lipinski definition) is 1. The average molecular weight is 320 g/mol. The quantitative estimate of drug-likeness (QED) is 0.723. The van der Waals surface area contributed by atoms with Crippen molar-refractivity contribution in [2.24, 2.45) is 0 Å². The van der Waals surface area contributed by atoms with Crippen molar-refractivity contribution in [3.8, 4) is 0 Å². The molecule has 4 nitrogen and oxygen atoms in total. The van der Waals surface area contributed by atoms with E-state index in [2.05, 4.69) is 36.5 Å². The second-order valence-electron chi connectivity index (χ2n) is 6.74. The predicted octanol–water partition coefficient (Wildman–Crippen LogP) is 4.37. The Bertz CT molecular complexity index is 454. The maximum absolute atomic E-state index is 12.1. The van der Waals surface area contributed by atoms with E-state index < -0.39 is 5.60 Å². The highest BCUT2D eigenvalue weighted by molar-refractivity contribution is 5.68. The molecule has 1 amide bonds. The summed E-state index contributed by atoms with van der Waals surface area (Å²) in [7, 11) is 0. The monoisotopic (exact) mass is 320 g/mol. The van der Waals surface area contributed by atoms with Crippen LogP contribution in [-0.4, -0.2) is 36.2 Å². The van der Waals surface area contributed by atoms with Gasteiger partial charge in [-0.25, -0.2) is 4.79 Å². The lowest BCUT2D eigenvalue weighted by atomic mass is 10.0. The summed E-state index contributed by atoms with van der Waals surface area (Å²) in [4.78, 5) is 13.8. The van der Waals surface area contributed by atoms with E-state index in [1.807, 2.05) is 33.8 Å². The van der Waals surface area contributed by atoms with Crippen LogP contribution >= 0.6 is 0 Å². The zero-order valence-electron chi connectivity index (χ0n) is 15.3. The van der Waals surface area contributed by atoms with Gasteiger partial charge in [-0.3, -0.25) is 0 Å². The highest BCUT2D eigenvalue weighted by atomic mass is 16.6. The highest BCUT2D eigenvalue weighted by Crippen LogP contribution is 2.15. The fourth-order valence-corrected chi connectivity index (χ4v) is 2.43. The first kappa shape index (κ1) is 19.5. The summed E-state index contributed by atoms with van der Waals surface area (Å²) in [5, 5.41) is 3.57. The maximum Gasteiger partial charge on any atom is 0.410 e. The number of amides is 1. The van der Waals surface area contributed by atoms with E-state index in [9.17, 15) is 4.79 Å². The van der Waals surface area contributed by atoms with E-state index in [4.69, 9.17) is 4.74 Å². The van der Waals surface area contributed by atoms with Crippen molar-refractivity contribution in [3.63, 3.8) is 0 Å². The Balaban J connectivity index is 2.38. The lowest BCUT2D eigenvalue weighted by Gasteiger charge is -2.27. The van der Waals surface area contributed by atoms with Gasteiger partial charge in [0.25, 0.3) is 0 Å². The molecule has 0 saturated carbocycles. The molecular weight excluding hydrogens is 288 g/mol. The van der Waals surface area contributed by atoms with Crippen molar-refractivity contribution in [1.29, 1.82) is 0 Å². The molecule has 0 aliphatic rings. The van der Waals surface area contributed by atoms with Gasteiger partial charge in [-0.15, -0.1) is 0 Å². The number of rotatable bonds is 8. The summed E-state index contributed by atoms with van der Waals surface area (Å²) < 4.78 is 5.43. The van der Waals surface area contributed by atoms with E-state index in [0.717, 1.165) is 19.4 Å². The summed E-state index contributed by atoms with van der Waals surface area (Å²) in [6.45, 7) is 12.1. The number of hydrogen-bond acceptors (Lipinski definition) is 3. The zero-order valence-corrected chi connectivity index (χ0v) is 15.3. The molecule has 0 aliphatic carbocycles. The molecule has 1 aromatic carbocycles. The Morgan fingerprint density at radius 3 is 2.39 bits per heavy atom. The summed E-state index contributed by atoms with van der Waals surface area (Å²) in [6.07, 6.45) is 1.74. The molecule has 0 fully saturated rings. The molecule has 1 aromatic rings. The van der Waals surface area contributed by atoms with E-state index in [-0.39, 0.29) is 6.09 Å². The van der Waals surface area contributed by atoms with Crippen LogP contribution in [0.2, 0.25) is 0 Å². The van der Waals surface area contributed by atoms with Gasteiger partial charge in [-0.2, -0.15) is 0 Å². The van der Waals surface area contributed by atoms with E-state index in [0.29, 0.717) is 19.1 Å². The first-order valence-corrected chi connectivity index (χ1v) is 8.63. The minimum absolute atomic E-state index is 0.227.